The van der Waals surface area contributed by atoms with Crippen LogP contribution in [0.1, 0.15) is 18.1 Å². The van der Waals surface area contributed by atoms with Gasteiger partial charge in [-0.25, -0.2) is 0 Å². The Morgan fingerprint density at radius 3 is 2.07 bits per heavy atom. The van der Waals surface area contributed by atoms with E-state index < -0.39 is 6.35 Å². The minimum Gasteiger partial charge on any atom is -0.497 e. The molecule has 9 nitrogen and oxygen atoms in total. The highest BCUT2D eigenvalue weighted by Gasteiger charge is 2.24. The monoisotopic (exact) mass is 640 g/mol. The first-order chi connectivity index (χ1) is 21.3. The Balaban J connectivity index is 1.08. The number of halogens is 2. The van der Waals surface area contributed by atoms with Crippen LogP contribution in [-0.2, 0) is 17.8 Å². The molecule has 1 atom stereocenters. The van der Waals surface area contributed by atoms with E-state index in [0.717, 1.165) is 80.6 Å². The van der Waals surface area contributed by atoms with E-state index in [1.165, 1.54) is 0 Å². The summed E-state index contributed by atoms with van der Waals surface area (Å²) in [5.74, 6) is 0.695. The Labute approximate surface area is 270 Å². The zero-order valence-corrected chi connectivity index (χ0v) is 26.9. The second kappa shape index (κ2) is 15.3. The van der Waals surface area contributed by atoms with E-state index in [2.05, 4.69) is 32.3 Å². The number of nitrogens with one attached hydrogen (secondary N) is 2. The number of carbonyl (C=O) groups excluding carboxylic acids is 1. The quantitative estimate of drug-likeness (QED) is 0.257. The SMILES string of the molecule is CCN1CCN(Cc2cc(Cl)c(NC(O)N3CCN(c4ccc(NC(=O)Cc5ccc(OC)cc5)cc4)CC3)c(Cl)c2)CC1. The van der Waals surface area contributed by atoms with Crippen molar-refractivity contribution in [2.24, 2.45) is 0 Å². The number of carbonyl (C=O) groups is 1. The zero-order chi connectivity index (χ0) is 31.1. The number of aliphatic hydroxyl groups is 1. The minimum absolute atomic E-state index is 0.0710. The van der Waals surface area contributed by atoms with Gasteiger partial charge in [0, 0.05) is 70.3 Å². The fourth-order valence-corrected chi connectivity index (χ4v) is 6.35. The zero-order valence-electron chi connectivity index (χ0n) is 25.4. The smallest absolute Gasteiger partial charge is 0.228 e. The number of aliphatic hydroxyl groups excluding tert-OH is 1. The second-order valence-electron chi connectivity index (χ2n) is 11.3. The first kappa shape index (κ1) is 32.3. The predicted molar refractivity (Wildman–Crippen MR) is 179 cm³/mol. The van der Waals surface area contributed by atoms with Crippen molar-refractivity contribution in [3.63, 3.8) is 0 Å². The van der Waals surface area contributed by atoms with Crippen molar-refractivity contribution in [3.05, 3.63) is 81.8 Å². The summed E-state index contributed by atoms with van der Waals surface area (Å²) in [5, 5.41) is 18.1. The molecule has 2 aliphatic heterocycles. The van der Waals surface area contributed by atoms with Gasteiger partial charge in [-0.2, -0.15) is 0 Å². The van der Waals surface area contributed by atoms with Gasteiger partial charge in [0.15, 0.2) is 6.35 Å². The van der Waals surface area contributed by atoms with E-state index in [4.69, 9.17) is 27.9 Å². The maximum atomic E-state index is 12.5. The highest BCUT2D eigenvalue weighted by molar-refractivity contribution is 6.39. The van der Waals surface area contributed by atoms with Crippen molar-refractivity contribution in [1.82, 2.24) is 14.7 Å². The van der Waals surface area contributed by atoms with Crippen molar-refractivity contribution in [1.29, 1.82) is 0 Å². The number of nitrogens with zero attached hydrogens (tertiary/aromatic N) is 4. The summed E-state index contributed by atoms with van der Waals surface area (Å²) in [6.45, 7) is 11.1. The number of likely N-dealkylation sites (N-methyl/N-ethyl adjacent to an activating group) is 1. The Bertz CT molecular complexity index is 1350. The van der Waals surface area contributed by atoms with Crippen LogP contribution in [0.2, 0.25) is 10.0 Å². The summed E-state index contributed by atoms with van der Waals surface area (Å²) in [4.78, 5) is 21.6. The van der Waals surface area contributed by atoms with Gasteiger partial charge in [0.2, 0.25) is 5.91 Å². The van der Waals surface area contributed by atoms with Crippen LogP contribution in [0.15, 0.2) is 60.7 Å². The molecule has 2 aliphatic rings. The number of hydrogen-bond donors (Lipinski definition) is 3. The van der Waals surface area contributed by atoms with Gasteiger partial charge in [0.05, 0.1) is 29.3 Å². The van der Waals surface area contributed by atoms with Gasteiger partial charge in [-0.3, -0.25) is 14.6 Å². The van der Waals surface area contributed by atoms with Crippen molar-refractivity contribution >= 4 is 46.2 Å². The molecule has 0 bridgehead atoms. The van der Waals surface area contributed by atoms with Crippen LogP contribution in [0, 0.1) is 0 Å². The molecule has 2 heterocycles. The molecule has 1 unspecified atom stereocenters. The van der Waals surface area contributed by atoms with Crippen LogP contribution >= 0.6 is 23.2 Å². The number of hydrogen-bond acceptors (Lipinski definition) is 8. The topological polar surface area (TPSA) is 83.5 Å². The standard InChI is InChI=1S/C33H42Cl2N6O3/c1-3-38-12-14-39(15-13-38)23-25-20-29(34)32(30(35)21-25)37-33(43)41-18-16-40(17-19-41)27-8-6-26(7-9-27)36-31(42)22-24-4-10-28(44-2)11-5-24/h4-11,20-21,33,37,43H,3,12-19,22-23H2,1-2H3,(H,36,42). The van der Waals surface area contributed by atoms with E-state index >= 15 is 0 Å². The van der Waals surface area contributed by atoms with Crippen LogP contribution in [0.3, 0.4) is 0 Å². The molecule has 0 radical (unpaired) electrons. The molecule has 5 rings (SSSR count). The molecular weight excluding hydrogens is 599 g/mol. The average molecular weight is 642 g/mol. The Morgan fingerprint density at radius 1 is 0.864 bits per heavy atom. The molecular formula is C33H42Cl2N6O3. The molecule has 0 spiro atoms. The number of rotatable bonds is 11. The molecule has 2 fully saturated rings. The molecule has 236 valence electrons. The van der Waals surface area contributed by atoms with Gasteiger partial charge < -0.3 is 30.3 Å². The summed E-state index contributed by atoms with van der Waals surface area (Å²) in [6.07, 6.45) is -0.621. The lowest BCUT2D eigenvalue weighted by molar-refractivity contribution is -0.115. The van der Waals surface area contributed by atoms with E-state index in [-0.39, 0.29) is 5.91 Å². The average Bonchev–Trinajstić information content (AvgIpc) is 3.04. The Hall–Kier alpha value is -3.05. The van der Waals surface area contributed by atoms with Crippen LogP contribution in [-0.4, -0.2) is 98.1 Å². The van der Waals surface area contributed by atoms with Crippen molar-refractivity contribution in [2.45, 2.75) is 26.2 Å². The first-order valence-corrected chi connectivity index (χ1v) is 16.0. The maximum Gasteiger partial charge on any atom is 0.228 e. The maximum absolute atomic E-state index is 12.5. The number of methoxy groups -OCH3 is 1. The molecule has 11 heteroatoms. The van der Waals surface area contributed by atoms with Gasteiger partial charge >= 0.3 is 0 Å². The molecule has 2 saturated heterocycles. The lowest BCUT2D eigenvalue weighted by Gasteiger charge is -2.38. The number of benzene rings is 3. The van der Waals surface area contributed by atoms with Gasteiger partial charge in [0.25, 0.3) is 0 Å². The lowest BCUT2D eigenvalue weighted by Crippen LogP contribution is -2.52. The van der Waals surface area contributed by atoms with Crippen LogP contribution in [0.5, 0.6) is 5.75 Å². The summed E-state index contributed by atoms with van der Waals surface area (Å²) in [6, 6.07) is 19.2. The van der Waals surface area contributed by atoms with Crippen molar-refractivity contribution in [2.75, 3.05) is 81.5 Å². The lowest BCUT2D eigenvalue weighted by atomic mass is 10.1. The van der Waals surface area contributed by atoms with Gasteiger partial charge in [-0.15, -0.1) is 0 Å². The van der Waals surface area contributed by atoms with E-state index in [0.29, 0.717) is 35.2 Å². The molecule has 44 heavy (non-hydrogen) atoms. The fraction of sp³-hybridized carbons (Fsp3) is 0.424. The Kier molecular flexibility index (Phi) is 11.2. The van der Waals surface area contributed by atoms with E-state index in [1.807, 2.05) is 65.6 Å². The summed E-state index contributed by atoms with van der Waals surface area (Å²) < 4.78 is 5.17. The van der Waals surface area contributed by atoms with Gasteiger partial charge in [-0.05, 0) is 66.2 Å². The van der Waals surface area contributed by atoms with Gasteiger partial charge in [-0.1, -0.05) is 42.3 Å². The van der Waals surface area contributed by atoms with Crippen molar-refractivity contribution < 1.29 is 14.6 Å². The second-order valence-corrected chi connectivity index (χ2v) is 12.1. The van der Waals surface area contributed by atoms with Crippen LogP contribution in [0.25, 0.3) is 0 Å². The summed E-state index contributed by atoms with van der Waals surface area (Å²) in [7, 11) is 1.62. The third-order valence-electron chi connectivity index (χ3n) is 8.39. The van der Waals surface area contributed by atoms with E-state index in [9.17, 15) is 9.90 Å². The molecule has 0 aliphatic carbocycles. The first-order valence-electron chi connectivity index (χ1n) is 15.2. The molecule has 0 saturated carbocycles. The predicted octanol–water partition coefficient (Wildman–Crippen LogP) is 4.83. The number of piperazine rings is 2. The molecule has 3 N–H and O–H groups in total. The Morgan fingerprint density at radius 2 is 1.48 bits per heavy atom. The van der Waals surface area contributed by atoms with Crippen molar-refractivity contribution in [3.8, 4) is 5.75 Å². The normalized spacial score (nSPS) is 17.3. The fourth-order valence-electron chi connectivity index (χ4n) is 5.71. The van der Waals surface area contributed by atoms with Crippen LogP contribution in [0.4, 0.5) is 17.1 Å². The summed E-state index contributed by atoms with van der Waals surface area (Å²) >= 11 is 13.3. The molecule has 0 aromatic heterocycles. The highest BCUT2D eigenvalue weighted by Crippen LogP contribution is 2.33. The number of anilines is 3. The number of amides is 1. The third kappa shape index (κ3) is 8.56. The summed E-state index contributed by atoms with van der Waals surface area (Å²) in [5.41, 5.74) is 4.36. The molecule has 1 amide bonds. The highest BCUT2D eigenvalue weighted by atomic mass is 35.5. The van der Waals surface area contributed by atoms with Gasteiger partial charge in [0.1, 0.15) is 5.75 Å². The van der Waals surface area contributed by atoms with E-state index in [1.54, 1.807) is 7.11 Å². The molecule has 3 aromatic carbocycles. The largest absolute Gasteiger partial charge is 0.497 e. The third-order valence-corrected chi connectivity index (χ3v) is 8.99. The minimum atomic E-state index is -0.914. The molecule has 3 aromatic rings. The number of ether oxygens (including phenoxy) is 1. The van der Waals surface area contributed by atoms with Crippen LogP contribution < -0.4 is 20.3 Å².